The lowest BCUT2D eigenvalue weighted by Gasteiger charge is -2.38. The molecule has 2 aliphatic heterocycles. The van der Waals surface area contributed by atoms with Crippen molar-refractivity contribution in [3.8, 4) is 5.75 Å². The third-order valence-electron chi connectivity index (χ3n) is 5.54. The van der Waals surface area contributed by atoms with Crippen molar-refractivity contribution in [2.75, 3.05) is 36.0 Å². The predicted molar refractivity (Wildman–Crippen MR) is 106 cm³/mol. The molecule has 0 unspecified atom stereocenters. The van der Waals surface area contributed by atoms with Crippen LogP contribution in [0, 0.1) is 5.82 Å². The fourth-order valence-electron chi connectivity index (χ4n) is 3.99. The first-order valence-corrected chi connectivity index (χ1v) is 9.53. The molecule has 0 bridgehead atoms. The molecular weight excluding hydrogens is 393 g/mol. The second-order valence-corrected chi connectivity index (χ2v) is 7.27. The Morgan fingerprint density at radius 3 is 2.40 bits per heavy atom. The minimum atomic E-state index is -1.35. The summed E-state index contributed by atoms with van der Waals surface area (Å²) in [5.74, 6) is -2.95. The molecule has 9 heteroatoms. The minimum Gasteiger partial charge on any atom is -0.507 e. The van der Waals surface area contributed by atoms with Crippen LogP contribution in [0.2, 0.25) is 0 Å². The number of aromatic hydroxyl groups is 1. The number of hydrogen-bond acceptors (Lipinski definition) is 6. The SMILES string of the molecule is O=C(O)c1cc(N2C(=O)C[C@@H](N3CCN(c4ccccc4F)CC3)C2=O)ccc1O. The number of piperazine rings is 1. The summed E-state index contributed by atoms with van der Waals surface area (Å²) in [5.41, 5.74) is 0.251. The number of rotatable bonds is 4. The van der Waals surface area contributed by atoms with E-state index in [1.165, 1.54) is 12.1 Å². The van der Waals surface area contributed by atoms with Crippen LogP contribution < -0.4 is 9.80 Å². The van der Waals surface area contributed by atoms with Gasteiger partial charge in [-0.15, -0.1) is 0 Å². The molecule has 0 aromatic heterocycles. The first-order valence-electron chi connectivity index (χ1n) is 9.53. The Balaban J connectivity index is 1.48. The van der Waals surface area contributed by atoms with Gasteiger partial charge in [-0.25, -0.2) is 14.1 Å². The number of benzene rings is 2. The molecular formula is C21H20FN3O5. The molecule has 2 N–H and O–H groups in total. The fraction of sp³-hybridized carbons (Fsp3) is 0.286. The Kier molecular flexibility index (Phi) is 5.13. The molecule has 0 saturated carbocycles. The number of amides is 2. The maximum absolute atomic E-state index is 14.0. The summed E-state index contributed by atoms with van der Waals surface area (Å²) in [6.45, 7) is 2.01. The average molecular weight is 413 g/mol. The third-order valence-corrected chi connectivity index (χ3v) is 5.54. The van der Waals surface area contributed by atoms with Crippen molar-refractivity contribution in [2.24, 2.45) is 0 Å². The van der Waals surface area contributed by atoms with Crippen molar-refractivity contribution in [3.05, 3.63) is 53.8 Å². The first-order chi connectivity index (χ1) is 14.4. The van der Waals surface area contributed by atoms with Crippen LogP contribution in [-0.4, -0.2) is 65.1 Å². The smallest absolute Gasteiger partial charge is 0.339 e. The number of nitrogens with zero attached hydrogens (tertiary/aromatic N) is 3. The van der Waals surface area contributed by atoms with Gasteiger partial charge in [0.1, 0.15) is 17.1 Å². The summed E-state index contributed by atoms with van der Waals surface area (Å²) in [6.07, 6.45) is -0.0121. The maximum atomic E-state index is 14.0. The number of carboxylic acids is 1. The number of para-hydroxylation sites is 1. The van der Waals surface area contributed by atoms with Gasteiger partial charge in [0.15, 0.2) is 0 Å². The van der Waals surface area contributed by atoms with E-state index >= 15 is 0 Å². The summed E-state index contributed by atoms with van der Waals surface area (Å²) < 4.78 is 14.0. The lowest BCUT2D eigenvalue weighted by Crippen LogP contribution is -2.52. The summed E-state index contributed by atoms with van der Waals surface area (Å²) in [6, 6.07) is 9.48. The zero-order valence-electron chi connectivity index (χ0n) is 16.0. The highest BCUT2D eigenvalue weighted by molar-refractivity contribution is 6.22. The number of aromatic carboxylic acids is 1. The summed E-state index contributed by atoms with van der Waals surface area (Å²) in [5, 5.41) is 18.8. The van der Waals surface area contributed by atoms with Gasteiger partial charge in [-0.1, -0.05) is 12.1 Å². The van der Waals surface area contributed by atoms with E-state index in [0.717, 1.165) is 17.0 Å². The molecule has 4 rings (SSSR count). The van der Waals surface area contributed by atoms with E-state index in [4.69, 9.17) is 0 Å². The van der Waals surface area contributed by atoms with Crippen LogP contribution in [-0.2, 0) is 9.59 Å². The molecule has 2 aromatic carbocycles. The van der Waals surface area contributed by atoms with Crippen LogP contribution in [0.5, 0.6) is 5.75 Å². The molecule has 30 heavy (non-hydrogen) atoms. The van der Waals surface area contributed by atoms with Gasteiger partial charge in [0.25, 0.3) is 5.91 Å². The molecule has 2 fully saturated rings. The van der Waals surface area contributed by atoms with E-state index in [1.54, 1.807) is 18.2 Å². The Bertz CT molecular complexity index is 1020. The maximum Gasteiger partial charge on any atom is 0.339 e. The standard InChI is InChI=1S/C21H20FN3O5/c22-15-3-1-2-4-16(15)23-7-9-24(10-8-23)17-12-19(27)25(20(17)28)13-5-6-18(26)14(11-13)21(29)30/h1-6,11,17,26H,7-10,12H2,(H,29,30)/t17-/m1/s1. The number of halogens is 1. The molecule has 2 aliphatic rings. The number of carboxylic acid groups (broad SMARTS) is 1. The molecule has 0 radical (unpaired) electrons. The Morgan fingerprint density at radius 2 is 1.73 bits per heavy atom. The van der Waals surface area contributed by atoms with E-state index in [0.29, 0.717) is 31.9 Å². The van der Waals surface area contributed by atoms with Gasteiger partial charge in [0.05, 0.1) is 23.8 Å². The zero-order valence-corrected chi connectivity index (χ0v) is 16.0. The van der Waals surface area contributed by atoms with Gasteiger partial charge in [-0.2, -0.15) is 0 Å². The molecule has 0 spiro atoms. The minimum absolute atomic E-state index is 0.0121. The van der Waals surface area contributed by atoms with Crippen molar-refractivity contribution >= 4 is 29.2 Å². The summed E-state index contributed by atoms with van der Waals surface area (Å²) >= 11 is 0. The number of anilines is 2. The second kappa shape index (κ2) is 7.75. The number of phenols is 1. The average Bonchev–Trinajstić information content (AvgIpc) is 3.03. The van der Waals surface area contributed by atoms with Crippen molar-refractivity contribution in [2.45, 2.75) is 12.5 Å². The molecule has 2 saturated heterocycles. The van der Waals surface area contributed by atoms with Crippen LogP contribution in [0.25, 0.3) is 0 Å². The fourth-order valence-corrected chi connectivity index (χ4v) is 3.99. The van der Waals surface area contributed by atoms with E-state index in [9.17, 15) is 29.0 Å². The third kappa shape index (κ3) is 3.48. The first kappa shape index (κ1) is 19.8. The van der Waals surface area contributed by atoms with Gasteiger partial charge < -0.3 is 15.1 Å². The molecule has 8 nitrogen and oxygen atoms in total. The molecule has 1 atom stereocenters. The Hall–Kier alpha value is -3.46. The molecule has 156 valence electrons. The highest BCUT2D eigenvalue weighted by atomic mass is 19.1. The monoisotopic (exact) mass is 413 g/mol. The van der Waals surface area contributed by atoms with Crippen LogP contribution in [0.4, 0.5) is 15.8 Å². The van der Waals surface area contributed by atoms with Crippen molar-refractivity contribution < 1.29 is 29.0 Å². The zero-order chi connectivity index (χ0) is 21.4. The lowest BCUT2D eigenvalue weighted by atomic mass is 10.1. The highest BCUT2D eigenvalue weighted by Gasteiger charge is 2.43. The molecule has 0 aliphatic carbocycles. The van der Waals surface area contributed by atoms with Gasteiger partial charge in [0, 0.05) is 26.2 Å². The summed E-state index contributed by atoms with van der Waals surface area (Å²) in [7, 11) is 0. The number of imide groups is 1. The molecule has 2 heterocycles. The molecule has 2 amide bonds. The summed E-state index contributed by atoms with van der Waals surface area (Å²) in [4.78, 5) is 41.5. The normalized spacial score (nSPS) is 20.1. The van der Waals surface area contributed by atoms with Crippen LogP contribution in [0.1, 0.15) is 16.8 Å². The Labute approximate surface area is 171 Å². The van der Waals surface area contributed by atoms with Gasteiger partial charge in [0.2, 0.25) is 5.91 Å². The van der Waals surface area contributed by atoms with E-state index in [-0.39, 0.29) is 23.5 Å². The van der Waals surface area contributed by atoms with E-state index in [1.807, 2.05) is 9.80 Å². The number of carbonyl (C=O) groups excluding carboxylic acids is 2. The van der Waals surface area contributed by atoms with Crippen LogP contribution >= 0.6 is 0 Å². The van der Waals surface area contributed by atoms with Gasteiger partial charge in [-0.3, -0.25) is 14.5 Å². The van der Waals surface area contributed by atoms with Crippen LogP contribution in [0.3, 0.4) is 0 Å². The highest BCUT2D eigenvalue weighted by Crippen LogP contribution is 2.30. The van der Waals surface area contributed by atoms with Gasteiger partial charge in [-0.05, 0) is 30.3 Å². The van der Waals surface area contributed by atoms with Crippen LogP contribution in [0.15, 0.2) is 42.5 Å². The van der Waals surface area contributed by atoms with Crippen molar-refractivity contribution in [1.82, 2.24) is 4.90 Å². The number of hydrogen-bond donors (Lipinski definition) is 2. The van der Waals surface area contributed by atoms with E-state index in [2.05, 4.69) is 0 Å². The number of carbonyl (C=O) groups is 3. The second-order valence-electron chi connectivity index (χ2n) is 7.27. The largest absolute Gasteiger partial charge is 0.507 e. The Morgan fingerprint density at radius 1 is 1.03 bits per heavy atom. The van der Waals surface area contributed by atoms with Gasteiger partial charge >= 0.3 is 5.97 Å². The van der Waals surface area contributed by atoms with Crippen molar-refractivity contribution in [1.29, 1.82) is 0 Å². The predicted octanol–water partition coefficient (Wildman–Crippen LogP) is 1.68. The lowest BCUT2D eigenvalue weighted by molar-refractivity contribution is -0.123. The van der Waals surface area contributed by atoms with E-state index < -0.39 is 29.6 Å². The van der Waals surface area contributed by atoms with Crippen molar-refractivity contribution in [3.63, 3.8) is 0 Å². The molecule has 2 aromatic rings. The quantitative estimate of drug-likeness (QED) is 0.736. The topological polar surface area (TPSA) is 101 Å².